The molecule has 2 aliphatic rings. The summed E-state index contributed by atoms with van der Waals surface area (Å²) in [6.07, 6.45) is -1.59. The molecule has 8 heteroatoms. The minimum absolute atomic E-state index is 0.00227. The monoisotopic (exact) mass is 531 g/mol. The molecule has 0 unspecified atom stereocenters. The number of carbonyl (C=O) groups excluding carboxylic acids is 1. The van der Waals surface area contributed by atoms with Crippen molar-refractivity contribution in [2.75, 3.05) is 43.0 Å². The highest BCUT2D eigenvalue weighted by Crippen LogP contribution is 2.37. The molecule has 1 N–H and O–H groups in total. The van der Waals surface area contributed by atoms with E-state index in [4.69, 9.17) is 4.74 Å². The van der Waals surface area contributed by atoms with Gasteiger partial charge in [-0.2, -0.15) is 13.2 Å². The van der Waals surface area contributed by atoms with Crippen molar-refractivity contribution in [3.8, 4) is 0 Å². The summed E-state index contributed by atoms with van der Waals surface area (Å²) in [5, 5.41) is 3.09. The summed E-state index contributed by atoms with van der Waals surface area (Å²) in [6, 6.07) is 13.0. The van der Waals surface area contributed by atoms with E-state index >= 15 is 0 Å². The summed E-state index contributed by atoms with van der Waals surface area (Å²) < 4.78 is 46.2. The lowest BCUT2D eigenvalue weighted by Crippen LogP contribution is -2.50. The van der Waals surface area contributed by atoms with Crippen LogP contribution in [0.2, 0.25) is 0 Å². The summed E-state index contributed by atoms with van der Waals surface area (Å²) in [4.78, 5) is 16.9. The number of carbonyl (C=O) groups is 1. The molecule has 2 aromatic rings. The lowest BCUT2D eigenvalue weighted by molar-refractivity contribution is -0.139. The third-order valence-electron chi connectivity index (χ3n) is 7.69. The third-order valence-corrected chi connectivity index (χ3v) is 7.69. The molecule has 0 aromatic heterocycles. The summed E-state index contributed by atoms with van der Waals surface area (Å²) in [5.74, 6) is 0.00227. The smallest absolute Gasteiger partial charge is 0.382 e. The molecule has 1 amide bonds. The first kappa shape index (κ1) is 28.3. The molecule has 1 saturated heterocycles. The fourth-order valence-electron chi connectivity index (χ4n) is 5.28. The van der Waals surface area contributed by atoms with Crippen molar-refractivity contribution in [1.82, 2.24) is 4.90 Å². The van der Waals surface area contributed by atoms with Crippen LogP contribution in [0, 0.1) is 6.92 Å². The van der Waals surface area contributed by atoms with Crippen LogP contribution in [0.5, 0.6) is 0 Å². The Morgan fingerprint density at radius 1 is 0.947 bits per heavy atom. The maximum absolute atomic E-state index is 13.4. The number of rotatable bonds is 6. The Morgan fingerprint density at radius 3 is 2.16 bits per heavy atom. The molecule has 38 heavy (non-hydrogen) atoms. The summed E-state index contributed by atoms with van der Waals surface area (Å²) in [5.41, 5.74) is 2.70. The Balaban J connectivity index is 1.19. The van der Waals surface area contributed by atoms with Crippen molar-refractivity contribution in [2.45, 2.75) is 77.1 Å². The molecule has 2 aromatic carbocycles. The van der Waals surface area contributed by atoms with Crippen molar-refractivity contribution in [3.63, 3.8) is 0 Å². The normalized spacial score (nSPS) is 20.9. The van der Waals surface area contributed by atoms with E-state index in [9.17, 15) is 18.0 Å². The molecular formula is C30H40F3N3O2. The molecule has 1 aliphatic carbocycles. The van der Waals surface area contributed by atoms with Crippen molar-refractivity contribution < 1.29 is 22.7 Å². The van der Waals surface area contributed by atoms with Crippen LogP contribution in [-0.4, -0.2) is 55.7 Å². The second kappa shape index (κ2) is 11.6. The van der Waals surface area contributed by atoms with Crippen LogP contribution >= 0.6 is 0 Å². The van der Waals surface area contributed by atoms with Gasteiger partial charge in [-0.25, -0.2) is 0 Å². The second-order valence-corrected chi connectivity index (χ2v) is 11.6. The average Bonchev–Trinajstić information content (AvgIpc) is 2.88. The van der Waals surface area contributed by atoms with Gasteiger partial charge < -0.3 is 19.9 Å². The Hall–Kier alpha value is -2.74. The van der Waals surface area contributed by atoms with E-state index in [1.807, 2.05) is 4.90 Å². The van der Waals surface area contributed by atoms with E-state index in [1.54, 1.807) is 13.0 Å². The number of amides is 1. The molecule has 1 heterocycles. The van der Waals surface area contributed by atoms with Crippen LogP contribution in [0.3, 0.4) is 0 Å². The highest BCUT2D eigenvalue weighted by molar-refractivity contribution is 5.77. The van der Waals surface area contributed by atoms with Crippen LogP contribution in [-0.2, 0) is 21.1 Å². The molecule has 1 aliphatic heterocycles. The topological polar surface area (TPSA) is 44.8 Å². The van der Waals surface area contributed by atoms with Gasteiger partial charge in [-0.1, -0.05) is 44.5 Å². The second-order valence-electron chi connectivity index (χ2n) is 11.6. The Kier molecular flexibility index (Phi) is 8.60. The maximum Gasteiger partial charge on any atom is 0.418 e. The average molecular weight is 532 g/mol. The fraction of sp³-hybridized carbons (Fsp3) is 0.567. The molecule has 4 rings (SSSR count). The van der Waals surface area contributed by atoms with Gasteiger partial charge in [0, 0.05) is 43.6 Å². The zero-order valence-corrected chi connectivity index (χ0v) is 22.9. The molecule has 2 fully saturated rings. The van der Waals surface area contributed by atoms with Gasteiger partial charge in [-0.05, 0) is 67.9 Å². The van der Waals surface area contributed by atoms with Gasteiger partial charge in [0.05, 0.1) is 11.7 Å². The van der Waals surface area contributed by atoms with E-state index in [0.29, 0.717) is 31.5 Å². The molecule has 0 radical (unpaired) electrons. The van der Waals surface area contributed by atoms with E-state index in [1.165, 1.54) is 23.4 Å². The van der Waals surface area contributed by atoms with Crippen LogP contribution < -0.4 is 10.2 Å². The number of nitrogens with zero attached hydrogens (tertiary/aromatic N) is 2. The number of anilines is 2. The van der Waals surface area contributed by atoms with Crippen molar-refractivity contribution in [1.29, 1.82) is 0 Å². The van der Waals surface area contributed by atoms with E-state index in [-0.39, 0.29) is 35.8 Å². The van der Waals surface area contributed by atoms with Crippen molar-refractivity contribution in [2.24, 2.45) is 0 Å². The Bertz CT molecular complexity index is 1080. The Labute approximate surface area is 224 Å². The number of ether oxygens (including phenoxy) is 1. The van der Waals surface area contributed by atoms with Gasteiger partial charge >= 0.3 is 6.18 Å². The van der Waals surface area contributed by atoms with Gasteiger partial charge in [0.15, 0.2) is 0 Å². The minimum atomic E-state index is -4.39. The molecule has 0 atom stereocenters. The van der Waals surface area contributed by atoms with Crippen molar-refractivity contribution in [3.05, 3.63) is 59.2 Å². The molecule has 5 nitrogen and oxygen atoms in total. The molecule has 208 valence electrons. The predicted octanol–water partition coefficient (Wildman–Crippen LogP) is 6.40. The lowest BCUT2D eigenvalue weighted by atomic mass is 9.87. The quantitative estimate of drug-likeness (QED) is 0.469. The number of aryl methyl sites for hydroxylation is 1. The molecular weight excluding hydrogens is 491 g/mol. The van der Waals surface area contributed by atoms with Crippen molar-refractivity contribution >= 4 is 17.3 Å². The van der Waals surface area contributed by atoms with Crippen LogP contribution in [0.25, 0.3) is 0 Å². The molecule has 0 spiro atoms. The molecule has 0 bridgehead atoms. The SMILES string of the molecule is Cc1ccc(NC2CCC(OCC(=O)N3CCN(c4ccc(C(C)(C)C)cc4)CC3)CC2)c(C(F)(F)F)c1. The first-order valence-electron chi connectivity index (χ1n) is 13.6. The third kappa shape index (κ3) is 7.22. The van der Waals surface area contributed by atoms with E-state index in [0.717, 1.165) is 25.9 Å². The van der Waals surface area contributed by atoms with Crippen LogP contribution in [0.4, 0.5) is 24.5 Å². The largest absolute Gasteiger partial charge is 0.418 e. The maximum atomic E-state index is 13.4. The van der Waals surface area contributed by atoms with Crippen LogP contribution in [0.1, 0.15) is 63.1 Å². The first-order chi connectivity index (χ1) is 17.9. The number of piperazine rings is 1. The summed E-state index contributed by atoms with van der Waals surface area (Å²) in [6.45, 7) is 11.2. The van der Waals surface area contributed by atoms with E-state index in [2.05, 4.69) is 55.3 Å². The van der Waals surface area contributed by atoms with Gasteiger partial charge in [0.2, 0.25) is 5.91 Å². The zero-order valence-electron chi connectivity index (χ0n) is 22.9. The zero-order chi connectivity index (χ0) is 27.5. The van der Waals surface area contributed by atoms with Gasteiger partial charge in [0.1, 0.15) is 6.61 Å². The number of hydrogen-bond donors (Lipinski definition) is 1. The lowest BCUT2D eigenvalue weighted by Gasteiger charge is -2.37. The van der Waals surface area contributed by atoms with Gasteiger partial charge in [-0.3, -0.25) is 4.79 Å². The summed E-state index contributed by atoms with van der Waals surface area (Å²) >= 11 is 0. The van der Waals surface area contributed by atoms with Crippen LogP contribution in [0.15, 0.2) is 42.5 Å². The number of nitrogens with one attached hydrogen (secondary N) is 1. The first-order valence-corrected chi connectivity index (χ1v) is 13.6. The number of halogens is 3. The number of alkyl halides is 3. The summed E-state index contributed by atoms with van der Waals surface area (Å²) in [7, 11) is 0. The van der Waals surface area contributed by atoms with Gasteiger partial charge in [-0.15, -0.1) is 0 Å². The number of benzene rings is 2. The predicted molar refractivity (Wildman–Crippen MR) is 146 cm³/mol. The highest BCUT2D eigenvalue weighted by Gasteiger charge is 2.34. The minimum Gasteiger partial charge on any atom is -0.382 e. The highest BCUT2D eigenvalue weighted by atomic mass is 19.4. The number of hydrogen-bond acceptors (Lipinski definition) is 4. The fourth-order valence-corrected chi connectivity index (χ4v) is 5.28. The standard InChI is InChI=1S/C30H40F3N3O2/c1-21-5-14-27(26(19-21)30(31,32)33)34-23-8-12-25(13-9-23)38-20-28(37)36-17-15-35(16-18-36)24-10-6-22(7-11-24)29(2,3)4/h5-7,10-11,14,19,23,25,34H,8-9,12-13,15-18,20H2,1-4H3. The van der Waals surface area contributed by atoms with Gasteiger partial charge in [0.25, 0.3) is 0 Å². The Morgan fingerprint density at radius 2 is 1.58 bits per heavy atom. The molecule has 1 saturated carbocycles. The van der Waals surface area contributed by atoms with E-state index < -0.39 is 11.7 Å².